The molecule has 2 unspecified atom stereocenters. The van der Waals surface area contributed by atoms with Gasteiger partial charge in [0.05, 0.1) is 0 Å². The zero-order valence-electron chi connectivity index (χ0n) is 8.72. The van der Waals surface area contributed by atoms with Crippen LogP contribution in [0.1, 0.15) is 46.5 Å². The first kappa shape index (κ1) is 10.0. The smallest absolute Gasteiger partial charge is 0.00903 e. The molecule has 0 radical (unpaired) electrons. The summed E-state index contributed by atoms with van der Waals surface area (Å²) in [7, 11) is 0. The minimum absolute atomic E-state index is 0.410. The SMILES string of the molecule is CC(C)C(N)C(C)C1CCCC1. The van der Waals surface area contributed by atoms with Crippen molar-refractivity contribution in [3.8, 4) is 0 Å². The first-order chi connectivity index (χ1) is 5.63. The topological polar surface area (TPSA) is 26.0 Å². The predicted octanol–water partition coefficient (Wildman–Crippen LogP) is 2.80. The lowest BCUT2D eigenvalue weighted by molar-refractivity contribution is 0.264. The lowest BCUT2D eigenvalue weighted by Gasteiger charge is -2.28. The van der Waals surface area contributed by atoms with Gasteiger partial charge in [-0.2, -0.15) is 0 Å². The summed E-state index contributed by atoms with van der Waals surface area (Å²) in [5, 5.41) is 0. The van der Waals surface area contributed by atoms with E-state index in [-0.39, 0.29) is 0 Å². The monoisotopic (exact) mass is 169 g/mol. The van der Waals surface area contributed by atoms with Gasteiger partial charge in [0, 0.05) is 6.04 Å². The zero-order chi connectivity index (χ0) is 9.14. The molecular formula is C11H23N. The Morgan fingerprint density at radius 1 is 1.08 bits per heavy atom. The van der Waals surface area contributed by atoms with Crippen LogP contribution in [0, 0.1) is 17.8 Å². The van der Waals surface area contributed by atoms with E-state index in [2.05, 4.69) is 20.8 Å². The molecule has 0 heterocycles. The Labute approximate surface area is 76.7 Å². The van der Waals surface area contributed by atoms with E-state index in [0.717, 1.165) is 11.8 Å². The molecule has 0 spiro atoms. The normalized spacial score (nSPS) is 24.8. The molecule has 0 aromatic rings. The summed E-state index contributed by atoms with van der Waals surface area (Å²) < 4.78 is 0. The number of hydrogen-bond donors (Lipinski definition) is 1. The maximum absolute atomic E-state index is 6.14. The Morgan fingerprint density at radius 2 is 1.58 bits per heavy atom. The van der Waals surface area contributed by atoms with Gasteiger partial charge in [-0.15, -0.1) is 0 Å². The van der Waals surface area contributed by atoms with Crippen LogP contribution in [-0.4, -0.2) is 6.04 Å². The summed E-state index contributed by atoms with van der Waals surface area (Å²) in [4.78, 5) is 0. The fourth-order valence-electron chi connectivity index (χ4n) is 2.40. The summed E-state index contributed by atoms with van der Waals surface area (Å²) in [5.41, 5.74) is 6.14. The molecule has 1 saturated carbocycles. The average molecular weight is 169 g/mol. The van der Waals surface area contributed by atoms with Gasteiger partial charge in [-0.3, -0.25) is 0 Å². The van der Waals surface area contributed by atoms with E-state index in [1.165, 1.54) is 25.7 Å². The van der Waals surface area contributed by atoms with Crippen LogP contribution in [-0.2, 0) is 0 Å². The third-order valence-electron chi connectivity index (χ3n) is 3.52. The van der Waals surface area contributed by atoms with Gasteiger partial charge in [-0.1, -0.05) is 46.5 Å². The lowest BCUT2D eigenvalue weighted by Crippen LogP contribution is -2.36. The van der Waals surface area contributed by atoms with Gasteiger partial charge >= 0.3 is 0 Å². The van der Waals surface area contributed by atoms with Crippen LogP contribution < -0.4 is 5.73 Å². The number of rotatable bonds is 3. The highest BCUT2D eigenvalue weighted by atomic mass is 14.7. The molecule has 2 N–H and O–H groups in total. The Kier molecular flexibility index (Phi) is 3.57. The first-order valence-electron chi connectivity index (χ1n) is 5.38. The average Bonchev–Trinajstić information content (AvgIpc) is 2.53. The van der Waals surface area contributed by atoms with Gasteiger partial charge in [0.15, 0.2) is 0 Å². The summed E-state index contributed by atoms with van der Waals surface area (Å²) in [6.07, 6.45) is 5.70. The van der Waals surface area contributed by atoms with Gasteiger partial charge in [-0.25, -0.2) is 0 Å². The van der Waals surface area contributed by atoms with Crippen molar-refractivity contribution in [1.82, 2.24) is 0 Å². The van der Waals surface area contributed by atoms with E-state index in [4.69, 9.17) is 5.73 Å². The highest BCUT2D eigenvalue weighted by Crippen LogP contribution is 2.33. The van der Waals surface area contributed by atoms with Crippen LogP contribution >= 0.6 is 0 Å². The van der Waals surface area contributed by atoms with Crippen molar-refractivity contribution in [1.29, 1.82) is 0 Å². The Bertz CT molecular complexity index is 123. The second-order valence-electron chi connectivity index (χ2n) is 4.73. The highest BCUT2D eigenvalue weighted by Gasteiger charge is 2.27. The molecule has 0 aliphatic heterocycles. The second kappa shape index (κ2) is 4.27. The largest absolute Gasteiger partial charge is 0.327 e. The standard InChI is InChI=1S/C11H23N/c1-8(2)11(12)9(3)10-6-4-5-7-10/h8-11H,4-7,12H2,1-3H3. The van der Waals surface area contributed by atoms with Gasteiger partial charge in [-0.05, 0) is 17.8 Å². The van der Waals surface area contributed by atoms with Crippen LogP contribution in [0.4, 0.5) is 0 Å². The summed E-state index contributed by atoms with van der Waals surface area (Å²) >= 11 is 0. The molecule has 2 atom stereocenters. The van der Waals surface area contributed by atoms with Crippen molar-refractivity contribution >= 4 is 0 Å². The second-order valence-corrected chi connectivity index (χ2v) is 4.73. The number of hydrogen-bond acceptors (Lipinski definition) is 1. The van der Waals surface area contributed by atoms with Crippen molar-refractivity contribution in [2.24, 2.45) is 23.5 Å². The molecule has 72 valence electrons. The zero-order valence-corrected chi connectivity index (χ0v) is 8.72. The quantitative estimate of drug-likeness (QED) is 0.690. The van der Waals surface area contributed by atoms with Crippen LogP contribution in [0.5, 0.6) is 0 Å². The van der Waals surface area contributed by atoms with E-state index in [0.29, 0.717) is 12.0 Å². The minimum Gasteiger partial charge on any atom is -0.327 e. The van der Waals surface area contributed by atoms with Crippen molar-refractivity contribution in [2.75, 3.05) is 0 Å². The van der Waals surface area contributed by atoms with E-state index < -0.39 is 0 Å². The Hall–Kier alpha value is -0.0400. The van der Waals surface area contributed by atoms with Crippen LogP contribution in [0.15, 0.2) is 0 Å². The first-order valence-corrected chi connectivity index (χ1v) is 5.38. The number of nitrogens with two attached hydrogens (primary N) is 1. The van der Waals surface area contributed by atoms with Crippen molar-refractivity contribution in [3.05, 3.63) is 0 Å². The molecule has 1 rings (SSSR count). The molecule has 1 aliphatic carbocycles. The molecule has 1 heteroatoms. The van der Waals surface area contributed by atoms with E-state index in [9.17, 15) is 0 Å². The molecule has 0 amide bonds. The van der Waals surface area contributed by atoms with Crippen LogP contribution in [0.25, 0.3) is 0 Å². The van der Waals surface area contributed by atoms with E-state index in [1.54, 1.807) is 0 Å². The Balaban J connectivity index is 2.39. The summed E-state index contributed by atoms with van der Waals surface area (Å²) in [5.74, 6) is 2.29. The fourth-order valence-corrected chi connectivity index (χ4v) is 2.40. The Morgan fingerprint density at radius 3 is 2.00 bits per heavy atom. The molecule has 1 nitrogen and oxygen atoms in total. The van der Waals surface area contributed by atoms with E-state index >= 15 is 0 Å². The van der Waals surface area contributed by atoms with Crippen LogP contribution in [0.3, 0.4) is 0 Å². The molecule has 1 aliphatic rings. The highest BCUT2D eigenvalue weighted by molar-refractivity contribution is 4.81. The van der Waals surface area contributed by atoms with Crippen LogP contribution in [0.2, 0.25) is 0 Å². The fraction of sp³-hybridized carbons (Fsp3) is 1.00. The maximum Gasteiger partial charge on any atom is 0.00903 e. The van der Waals surface area contributed by atoms with Crippen molar-refractivity contribution in [3.63, 3.8) is 0 Å². The van der Waals surface area contributed by atoms with Gasteiger partial charge < -0.3 is 5.73 Å². The van der Waals surface area contributed by atoms with Gasteiger partial charge in [0.1, 0.15) is 0 Å². The minimum atomic E-state index is 0.410. The maximum atomic E-state index is 6.14. The molecule has 0 saturated heterocycles. The molecule has 0 aromatic heterocycles. The molecule has 12 heavy (non-hydrogen) atoms. The lowest BCUT2D eigenvalue weighted by atomic mass is 9.82. The third kappa shape index (κ3) is 2.22. The molecule has 1 fully saturated rings. The molecule has 0 bridgehead atoms. The summed E-state index contributed by atoms with van der Waals surface area (Å²) in [6, 6.07) is 0.410. The molecule has 0 aromatic carbocycles. The van der Waals surface area contributed by atoms with Gasteiger partial charge in [0.2, 0.25) is 0 Å². The van der Waals surface area contributed by atoms with Crippen molar-refractivity contribution < 1.29 is 0 Å². The third-order valence-corrected chi connectivity index (χ3v) is 3.52. The van der Waals surface area contributed by atoms with Crippen molar-refractivity contribution in [2.45, 2.75) is 52.5 Å². The summed E-state index contributed by atoms with van der Waals surface area (Å²) in [6.45, 7) is 6.80. The molecular weight excluding hydrogens is 146 g/mol. The predicted molar refractivity (Wildman–Crippen MR) is 53.9 cm³/mol. The van der Waals surface area contributed by atoms with E-state index in [1.807, 2.05) is 0 Å². The van der Waals surface area contributed by atoms with Gasteiger partial charge in [0.25, 0.3) is 0 Å².